The van der Waals surface area contributed by atoms with Gasteiger partial charge in [0.1, 0.15) is 17.1 Å². The fourth-order valence-corrected chi connectivity index (χ4v) is 2.22. The number of nitrogens with one attached hydrogen (secondary N) is 1. The molecule has 3 aromatic heterocycles. The zero-order valence-corrected chi connectivity index (χ0v) is 13.3. The van der Waals surface area contributed by atoms with Gasteiger partial charge in [0.15, 0.2) is 5.82 Å². The normalized spacial score (nSPS) is 10.6. The van der Waals surface area contributed by atoms with E-state index in [0.29, 0.717) is 18.1 Å². The van der Waals surface area contributed by atoms with Crippen molar-refractivity contribution in [2.75, 3.05) is 7.05 Å². The number of carbonyl (C=O) groups excluding carboxylic acids is 1. The van der Waals surface area contributed by atoms with Crippen LogP contribution in [-0.4, -0.2) is 42.4 Å². The lowest BCUT2D eigenvalue weighted by atomic mass is 10.2. The summed E-state index contributed by atoms with van der Waals surface area (Å²) in [7, 11) is 3.46. The second-order valence-electron chi connectivity index (χ2n) is 5.31. The van der Waals surface area contributed by atoms with Crippen LogP contribution < -0.4 is 5.56 Å². The first kappa shape index (κ1) is 15.6. The summed E-state index contributed by atoms with van der Waals surface area (Å²) in [6.45, 7) is 0.295. The van der Waals surface area contributed by atoms with Crippen LogP contribution in [0, 0.1) is 0 Å². The zero-order chi connectivity index (χ0) is 17.1. The van der Waals surface area contributed by atoms with Gasteiger partial charge in [-0.2, -0.15) is 0 Å². The minimum atomic E-state index is -0.498. The van der Waals surface area contributed by atoms with E-state index in [1.807, 2.05) is 11.6 Å². The second-order valence-corrected chi connectivity index (χ2v) is 5.31. The molecule has 0 saturated carbocycles. The van der Waals surface area contributed by atoms with Crippen molar-refractivity contribution in [1.29, 1.82) is 0 Å². The lowest BCUT2D eigenvalue weighted by Crippen LogP contribution is -2.32. The number of amides is 1. The zero-order valence-electron chi connectivity index (χ0n) is 13.3. The SMILES string of the molecule is CN(Cc1nccn1C)C(=O)c1cnc(-c2ccccn2)[nH]c1=O. The van der Waals surface area contributed by atoms with Crippen molar-refractivity contribution >= 4 is 5.91 Å². The first-order valence-corrected chi connectivity index (χ1v) is 7.28. The maximum Gasteiger partial charge on any atom is 0.264 e. The van der Waals surface area contributed by atoms with E-state index in [4.69, 9.17) is 0 Å². The average molecular weight is 324 g/mol. The number of hydrogen-bond acceptors (Lipinski definition) is 5. The number of aryl methyl sites for hydroxylation is 1. The molecule has 8 heteroatoms. The Kier molecular flexibility index (Phi) is 4.19. The number of H-pyrrole nitrogens is 1. The molecule has 0 bridgehead atoms. The third-order valence-corrected chi connectivity index (χ3v) is 3.58. The lowest BCUT2D eigenvalue weighted by Gasteiger charge is -2.16. The van der Waals surface area contributed by atoms with Gasteiger partial charge in [0.25, 0.3) is 11.5 Å². The topological polar surface area (TPSA) is 96.8 Å². The van der Waals surface area contributed by atoms with Crippen LogP contribution in [0.15, 0.2) is 47.8 Å². The van der Waals surface area contributed by atoms with Crippen molar-refractivity contribution in [2.24, 2.45) is 7.05 Å². The van der Waals surface area contributed by atoms with Crippen molar-refractivity contribution in [2.45, 2.75) is 6.54 Å². The summed E-state index contributed by atoms with van der Waals surface area (Å²) in [5.74, 6) is 0.628. The molecule has 3 aromatic rings. The molecule has 0 spiro atoms. The van der Waals surface area contributed by atoms with Gasteiger partial charge in [0.2, 0.25) is 0 Å². The van der Waals surface area contributed by atoms with E-state index in [2.05, 4.69) is 19.9 Å². The molecule has 0 aliphatic rings. The molecule has 0 aromatic carbocycles. The predicted molar refractivity (Wildman–Crippen MR) is 87.1 cm³/mol. The minimum Gasteiger partial charge on any atom is -0.337 e. The van der Waals surface area contributed by atoms with Crippen molar-refractivity contribution in [1.82, 2.24) is 29.4 Å². The number of aromatic nitrogens is 5. The Hall–Kier alpha value is -3.29. The van der Waals surface area contributed by atoms with E-state index >= 15 is 0 Å². The third kappa shape index (κ3) is 3.07. The van der Waals surface area contributed by atoms with Gasteiger partial charge in [-0.1, -0.05) is 6.07 Å². The number of rotatable bonds is 4. The van der Waals surface area contributed by atoms with Gasteiger partial charge in [-0.3, -0.25) is 14.6 Å². The predicted octanol–water partition coefficient (Wildman–Crippen LogP) is 0.838. The molecule has 0 fully saturated rings. The molecule has 0 radical (unpaired) electrons. The van der Waals surface area contributed by atoms with Crippen LogP contribution in [0.4, 0.5) is 0 Å². The maximum absolute atomic E-state index is 12.5. The molecule has 122 valence electrons. The number of carbonyl (C=O) groups is 1. The van der Waals surface area contributed by atoms with E-state index in [1.165, 1.54) is 11.1 Å². The van der Waals surface area contributed by atoms with Crippen LogP contribution in [0.5, 0.6) is 0 Å². The van der Waals surface area contributed by atoms with Crippen LogP contribution in [-0.2, 0) is 13.6 Å². The molecular weight excluding hydrogens is 308 g/mol. The highest BCUT2D eigenvalue weighted by atomic mass is 16.2. The van der Waals surface area contributed by atoms with Crippen LogP contribution in [0.2, 0.25) is 0 Å². The van der Waals surface area contributed by atoms with Crippen LogP contribution >= 0.6 is 0 Å². The quantitative estimate of drug-likeness (QED) is 0.767. The van der Waals surface area contributed by atoms with Crippen molar-refractivity contribution in [3.8, 4) is 11.5 Å². The Bertz CT molecular complexity index is 916. The number of hydrogen-bond donors (Lipinski definition) is 1. The maximum atomic E-state index is 12.5. The fraction of sp³-hybridized carbons (Fsp3) is 0.188. The summed E-state index contributed by atoms with van der Waals surface area (Å²) in [5, 5.41) is 0. The molecule has 0 aliphatic heterocycles. The van der Waals surface area contributed by atoms with Crippen LogP contribution in [0.3, 0.4) is 0 Å². The fourth-order valence-electron chi connectivity index (χ4n) is 2.22. The molecule has 8 nitrogen and oxygen atoms in total. The van der Waals surface area contributed by atoms with Crippen molar-refractivity contribution in [3.63, 3.8) is 0 Å². The summed E-state index contributed by atoms with van der Waals surface area (Å²) >= 11 is 0. The summed E-state index contributed by atoms with van der Waals surface area (Å²) in [6, 6.07) is 5.29. The van der Waals surface area contributed by atoms with Crippen molar-refractivity contribution in [3.05, 3.63) is 64.7 Å². The first-order chi connectivity index (χ1) is 11.6. The number of aromatic amines is 1. The molecule has 1 amide bonds. The number of pyridine rings is 1. The lowest BCUT2D eigenvalue weighted by molar-refractivity contribution is 0.0778. The highest BCUT2D eigenvalue weighted by Gasteiger charge is 2.18. The first-order valence-electron chi connectivity index (χ1n) is 7.28. The molecule has 1 N–H and O–H groups in total. The molecule has 0 aliphatic carbocycles. The van der Waals surface area contributed by atoms with Gasteiger partial charge >= 0.3 is 0 Å². The Morgan fingerprint density at radius 2 is 2.08 bits per heavy atom. The monoisotopic (exact) mass is 324 g/mol. The van der Waals surface area contributed by atoms with E-state index < -0.39 is 11.5 Å². The Morgan fingerprint density at radius 3 is 2.71 bits per heavy atom. The molecule has 3 rings (SSSR count). The van der Waals surface area contributed by atoms with Crippen molar-refractivity contribution < 1.29 is 4.79 Å². The molecular formula is C16H16N6O2. The average Bonchev–Trinajstić information content (AvgIpc) is 3.00. The molecule has 0 atom stereocenters. The van der Waals surface area contributed by atoms with E-state index in [1.54, 1.807) is 43.8 Å². The second kappa shape index (κ2) is 6.45. The van der Waals surface area contributed by atoms with Gasteiger partial charge in [0, 0.05) is 38.9 Å². The Morgan fingerprint density at radius 1 is 1.25 bits per heavy atom. The van der Waals surface area contributed by atoms with E-state index in [0.717, 1.165) is 5.82 Å². The summed E-state index contributed by atoms with van der Waals surface area (Å²) in [4.78, 5) is 41.2. The summed E-state index contributed by atoms with van der Waals surface area (Å²) in [6.07, 6.45) is 6.34. The van der Waals surface area contributed by atoms with E-state index in [-0.39, 0.29) is 5.56 Å². The summed E-state index contributed by atoms with van der Waals surface area (Å²) < 4.78 is 1.82. The van der Waals surface area contributed by atoms with E-state index in [9.17, 15) is 9.59 Å². The van der Waals surface area contributed by atoms with Gasteiger partial charge < -0.3 is 14.5 Å². The standard InChI is InChI=1S/C16H16N6O2/c1-21-8-7-18-13(21)10-22(2)16(24)11-9-19-14(20-15(11)23)12-5-3-4-6-17-12/h3-9H,10H2,1-2H3,(H,19,20,23). The Balaban J connectivity index is 1.83. The van der Waals surface area contributed by atoms with Gasteiger partial charge in [0.05, 0.1) is 6.54 Å². The molecule has 0 unspecified atom stereocenters. The van der Waals surface area contributed by atoms with Gasteiger partial charge in [-0.15, -0.1) is 0 Å². The van der Waals surface area contributed by atoms with Gasteiger partial charge in [-0.25, -0.2) is 9.97 Å². The van der Waals surface area contributed by atoms with Crippen LogP contribution in [0.1, 0.15) is 16.2 Å². The number of imidazole rings is 1. The highest BCUT2D eigenvalue weighted by molar-refractivity contribution is 5.93. The van der Waals surface area contributed by atoms with Crippen LogP contribution in [0.25, 0.3) is 11.5 Å². The number of nitrogens with zero attached hydrogens (tertiary/aromatic N) is 5. The molecule has 3 heterocycles. The minimum absolute atomic E-state index is 0.0219. The largest absolute Gasteiger partial charge is 0.337 e. The Labute approximate surface area is 137 Å². The highest BCUT2D eigenvalue weighted by Crippen LogP contribution is 2.09. The molecule has 0 saturated heterocycles. The smallest absolute Gasteiger partial charge is 0.264 e. The molecule has 24 heavy (non-hydrogen) atoms. The third-order valence-electron chi connectivity index (χ3n) is 3.58. The van der Waals surface area contributed by atoms with Gasteiger partial charge in [-0.05, 0) is 12.1 Å². The summed E-state index contributed by atoms with van der Waals surface area (Å²) in [5.41, 5.74) is 0.0173.